The second kappa shape index (κ2) is 2.98. The highest BCUT2D eigenvalue weighted by molar-refractivity contribution is 5.03. The van der Waals surface area contributed by atoms with E-state index in [9.17, 15) is 0 Å². The van der Waals surface area contributed by atoms with Gasteiger partial charge in [0.15, 0.2) is 0 Å². The highest BCUT2D eigenvalue weighted by atomic mass is 15.2. The molecule has 2 fully saturated rings. The van der Waals surface area contributed by atoms with E-state index in [0.29, 0.717) is 10.8 Å². The largest absolute Gasteiger partial charge is 0.297 e. The fourth-order valence-corrected chi connectivity index (χ4v) is 4.11. The molecule has 1 heteroatoms. The van der Waals surface area contributed by atoms with Gasteiger partial charge in [0.2, 0.25) is 0 Å². The highest BCUT2D eigenvalue weighted by Gasteiger charge is 2.49. The Morgan fingerprint density at radius 2 is 1.79 bits per heavy atom. The molecule has 2 bridgehead atoms. The SMILES string of the molecule is CC(C)N1CC2(C)CC1CC(C)(C)C2. The van der Waals surface area contributed by atoms with E-state index in [-0.39, 0.29) is 0 Å². The van der Waals surface area contributed by atoms with Crippen LogP contribution in [0, 0.1) is 10.8 Å². The van der Waals surface area contributed by atoms with Gasteiger partial charge in [-0.2, -0.15) is 0 Å². The Kier molecular flexibility index (Phi) is 2.23. The number of nitrogens with zero attached hydrogens (tertiary/aromatic N) is 1. The first kappa shape index (κ1) is 10.5. The highest BCUT2D eigenvalue weighted by Crippen LogP contribution is 2.52. The molecule has 1 saturated heterocycles. The van der Waals surface area contributed by atoms with Gasteiger partial charge in [-0.25, -0.2) is 0 Å². The molecule has 1 nitrogen and oxygen atoms in total. The molecule has 0 radical (unpaired) electrons. The van der Waals surface area contributed by atoms with Gasteiger partial charge in [0, 0.05) is 18.6 Å². The van der Waals surface area contributed by atoms with Crippen molar-refractivity contribution in [3.63, 3.8) is 0 Å². The lowest BCUT2D eigenvalue weighted by Gasteiger charge is -2.40. The van der Waals surface area contributed by atoms with Gasteiger partial charge >= 0.3 is 0 Å². The summed E-state index contributed by atoms with van der Waals surface area (Å²) in [5.41, 5.74) is 1.18. The Hall–Kier alpha value is -0.0400. The molecule has 2 atom stereocenters. The molecular weight excluding hydrogens is 170 g/mol. The summed E-state index contributed by atoms with van der Waals surface area (Å²) in [5, 5.41) is 0. The quantitative estimate of drug-likeness (QED) is 0.620. The number of rotatable bonds is 1. The van der Waals surface area contributed by atoms with Crippen molar-refractivity contribution >= 4 is 0 Å². The van der Waals surface area contributed by atoms with Crippen LogP contribution in [0.15, 0.2) is 0 Å². The molecule has 0 amide bonds. The van der Waals surface area contributed by atoms with Crippen molar-refractivity contribution in [1.29, 1.82) is 0 Å². The summed E-state index contributed by atoms with van der Waals surface area (Å²) < 4.78 is 0. The van der Waals surface area contributed by atoms with Crippen LogP contribution in [0.5, 0.6) is 0 Å². The van der Waals surface area contributed by atoms with Crippen LogP contribution in [0.4, 0.5) is 0 Å². The summed E-state index contributed by atoms with van der Waals surface area (Å²) in [7, 11) is 0. The first-order valence-corrected chi connectivity index (χ1v) is 6.07. The minimum atomic E-state index is 0.571. The maximum absolute atomic E-state index is 2.73. The van der Waals surface area contributed by atoms with E-state index in [4.69, 9.17) is 0 Å². The van der Waals surface area contributed by atoms with Crippen LogP contribution in [0.2, 0.25) is 0 Å². The normalized spacial score (nSPS) is 42.0. The zero-order valence-electron chi connectivity index (χ0n) is 10.4. The molecule has 0 spiro atoms. The summed E-state index contributed by atoms with van der Waals surface area (Å²) >= 11 is 0. The summed E-state index contributed by atoms with van der Waals surface area (Å²) in [6.45, 7) is 13.4. The molecule has 0 N–H and O–H groups in total. The van der Waals surface area contributed by atoms with E-state index in [2.05, 4.69) is 39.5 Å². The number of hydrogen-bond donors (Lipinski definition) is 0. The zero-order chi connectivity index (χ0) is 10.6. The number of hydrogen-bond acceptors (Lipinski definition) is 1. The van der Waals surface area contributed by atoms with Gasteiger partial charge in [-0.15, -0.1) is 0 Å². The van der Waals surface area contributed by atoms with Gasteiger partial charge in [-0.1, -0.05) is 20.8 Å². The van der Waals surface area contributed by atoms with Crippen LogP contribution in [0.3, 0.4) is 0 Å². The van der Waals surface area contributed by atoms with Gasteiger partial charge in [-0.05, 0) is 43.9 Å². The second-order valence-electron chi connectivity index (χ2n) is 6.98. The Morgan fingerprint density at radius 3 is 2.36 bits per heavy atom. The fourth-order valence-electron chi connectivity index (χ4n) is 4.11. The molecule has 0 aromatic heterocycles. The monoisotopic (exact) mass is 195 g/mol. The van der Waals surface area contributed by atoms with Gasteiger partial charge in [0.05, 0.1) is 0 Å². The van der Waals surface area contributed by atoms with Crippen molar-refractivity contribution in [3.8, 4) is 0 Å². The third-order valence-electron chi connectivity index (χ3n) is 4.12. The summed E-state index contributed by atoms with van der Waals surface area (Å²) in [5.74, 6) is 0. The summed E-state index contributed by atoms with van der Waals surface area (Å²) in [4.78, 5) is 2.73. The Bertz CT molecular complexity index is 231. The molecule has 1 aliphatic carbocycles. The van der Waals surface area contributed by atoms with Crippen molar-refractivity contribution in [2.75, 3.05) is 6.54 Å². The predicted octanol–water partition coefficient (Wildman–Crippen LogP) is 3.30. The number of likely N-dealkylation sites (tertiary alicyclic amines) is 1. The van der Waals surface area contributed by atoms with Crippen LogP contribution in [-0.2, 0) is 0 Å². The lowest BCUT2D eigenvalue weighted by atomic mass is 9.65. The van der Waals surface area contributed by atoms with E-state index in [0.717, 1.165) is 12.1 Å². The molecule has 82 valence electrons. The third-order valence-corrected chi connectivity index (χ3v) is 4.12. The second-order valence-corrected chi connectivity index (χ2v) is 6.98. The Morgan fingerprint density at radius 1 is 1.14 bits per heavy atom. The van der Waals surface area contributed by atoms with E-state index >= 15 is 0 Å². The van der Waals surface area contributed by atoms with Gasteiger partial charge in [0.25, 0.3) is 0 Å². The smallest absolute Gasteiger partial charge is 0.0109 e. The fraction of sp³-hybridized carbons (Fsp3) is 1.00. The molecule has 1 heterocycles. The maximum atomic E-state index is 2.73. The van der Waals surface area contributed by atoms with Gasteiger partial charge in [0.1, 0.15) is 0 Å². The number of fused-ring (bicyclic) bond motifs is 2. The lowest BCUT2D eigenvalue weighted by Crippen LogP contribution is -2.37. The predicted molar refractivity (Wildman–Crippen MR) is 61.4 cm³/mol. The molecule has 1 aliphatic heterocycles. The lowest BCUT2D eigenvalue weighted by molar-refractivity contribution is 0.122. The molecule has 2 rings (SSSR count). The van der Waals surface area contributed by atoms with Crippen LogP contribution in [0.1, 0.15) is 53.9 Å². The van der Waals surface area contributed by atoms with Crippen LogP contribution in [-0.4, -0.2) is 23.5 Å². The van der Waals surface area contributed by atoms with Crippen LogP contribution >= 0.6 is 0 Å². The molecule has 0 aromatic rings. The maximum Gasteiger partial charge on any atom is 0.0109 e. The van der Waals surface area contributed by atoms with E-state index in [1.807, 2.05) is 0 Å². The van der Waals surface area contributed by atoms with Gasteiger partial charge < -0.3 is 0 Å². The van der Waals surface area contributed by atoms with Crippen LogP contribution in [0.25, 0.3) is 0 Å². The minimum Gasteiger partial charge on any atom is -0.297 e. The topological polar surface area (TPSA) is 3.24 Å². The molecule has 14 heavy (non-hydrogen) atoms. The standard InChI is InChI=1S/C13H25N/c1-10(2)14-9-13(5)7-11(14)6-12(3,4)8-13/h10-11H,6-9H2,1-5H3. The summed E-state index contributed by atoms with van der Waals surface area (Å²) in [6, 6.07) is 1.60. The minimum absolute atomic E-state index is 0.571. The van der Waals surface area contributed by atoms with E-state index in [1.54, 1.807) is 0 Å². The first-order valence-electron chi connectivity index (χ1n) is 6.07. The third kappa shape index (κ3) is 1.71. The Labute approximate surface area is 88.9 Å². The van der Waals surface area contributed by atoms with Crippen molar-refractivity contribution in [2.24, 2.45) is 10.8 Å². The first-order chi connectivity index (χ1) is 6.31. The van der Waals surface area contributed by atoms with Crippen molar-refractivity contribution < 1.29 is 0 Å². The van der Waals surface area contributed by atoms with Crippen molar-refractivity contribution in [3.05, 3.63) is 0 Å². The van der Waals surface area contributed by atoms with Gasteiger partial charge in [-0.3, -0.25) is 4.90 Å². The molecular formula is C13H25N. The average Bonchev–Trinajstić information content (AvgIpc) is 2.19. The molecule has 2 aliphatic rings. The average molecular weight is 195 g/mol. The van der Waals surface area contributed by atoms with E-state index in [1.165, 1.54) is 25.8 Å². The summed E-state index contributed by atoms with van der Waals surface area (Å²) in [6.07, 6.45) is 4.26. The van der Waals surface area contributed by atoms with Crippen molar-refractivity contribution in [1.82, 2.24) is 4.90 Å². The molecule has 1 saturated carbocycles. The van der Waals surface area contributed by atoms with E-state index < -0.39 is 0 Å². The molecule has 0 aromatic carbocycles. The Balaban J connectivity index is 2.19. The zero-order valence-corrected chi connectivity index (χ0v) is 10.4. The van der Waals surface area contributed by atoms with Crippen molar-refractivity contribution in [2.45, 2.75) is 66.0 Å². The molecule has 2 unspecified atom stereocenters. The van der Waals surface area contributed by atoms with Crippen LogP contribution < -0.4 is 0 Å².